The van der Waals surface area contributed by atoms with Crippen LogP contribution in [0.15, 0.2) is 54.9 Å². The zero-order chi connectivity index (χ0) is 14.9. The van der Waals surface area contributed by atoms with E-state index in [9.17, 15) is 4.79 Å². The second-order valence-electron chi connectivity index (χ2n) is 4.84. The Balaban J connectivity index is 1.60. The van der Waals surface area contributed by atoms with Crippen LogP contribution in [0.4, 0.5) is 0 Å². The highest BCUT2D eigenvalue weighted by atomic mass is 16.7. The molecule has 0 fully saturated rings. The Labute approximate surface area is 126 Å². The number of carbonyl (C=O) groups excluding carboxylic acids is 1. The third-order valence-corrected chi connectivity index (χ3v) is 3.43. The van der Waals surface area contributed by atoms with Crippen molar-refractivity contribution < 1.29 is 19.0 Å². The van der Waals surface area contributed by atoms with Crippen molar-refractivity contribution in [3.8, 4) is 17.2 Å². The summed E-state index contributed by atoms with van der Waals surface area (Å²) in [6.07, 6.45) is 3.45. The van der Waals surface area contributed by atoms with E-state index in [1.807, 2.05) is 12.1 Å². The van der Waals surface area contributed by atoms with Crippen LogP contribution >= 0.6 is 0 Å². The van der Waals surface area contributed by atoms with E-state index >= 15 is 0 Å². The molecule has 1 aliphatic rings. The number of pyridine rings is 1. The molecular formula is C17H11NO4. The minimum atomic E-state index is -0.443. The maximum absolute atomic E-state index is 12.2. The third kappa shape index (κ3) is 2.22. The van der Waals surface area contributed by atoms with Crippen LogP contribution in [0.2, 0.25) is 0 Å². The van der Waals surface area contributed by atoms with Gasteiger partial charge in [0.25, 0.3) is 0 Å². The normalized spacial score (nSPS) is 12.4. The molecule has 0 unspecified atom stereocenters. The zero-order valence-electron chi connectivity index (χ0n) is 11.5. The number of aromatic nitrogens is 1. The zero-order valence-corrected chi connectivity index (χ0v) is 11.5. The van der Waals surface area contributed by atoms with Gasteiger partial charge in [-0.3, -0.25) is 4.98 Å². The molecule has 0 spiro atoms. The predicted octanol–water partition coefficient (Wildman–Crippen LogP) is 3.18. The van der Waals surface area contributed by atoms with E-state index in [1.165, 1.54) is 0 Å². The van der Waals surface area contributed by atoms with Crippen LogP contribution in [0.25, 0.3) is 10.8 Å². The number of carbonyl (C=O) groups is 1. The van der Waals surface area contributed by atoms with Crippen molar-refractivity contribution in [2.45, 2.75) is 0 Å². The fraction of sp³-hybridized carbons (Fsp3) is 0.0588. The Morgan fingerprint density at radius 1 is 1.00 bits per heavy atom. The monoisotopic (exact) mass is 293 g/mol. The number of fused-ring (bicyclic) bond motifs is 2. The average molecular weight is 293 g/mol. The van der Waals surface area contributed by atoms with E-state index in [0.29, 0.717) is 22.8 Å². The summed E-state index contributed by atoms with van der Waals surface area (Å²) < 4.78 is 15.9. The number of nitrogens with zero attached hydrogens (tertiary/aromatic N) is 1. The summed E-state index contributed by atoms with van der Waals surface area (Å²) in [4.78, 5) is 16.3. The van der Waals surface area contributed by atoms with Crippen molar-refractivity contribution in [3.05, 3.63) is 60.4 Å². The van der Waals surface area contributed by atoms with Gasteiger partial charge in [0.1, 0.15) is 5.75 Å². The minimum absolute atomic E-state index is 0.172. The molecule has 0 N–H and O–H groups in total. The smallest absolute Gasteiger partial charge is 0.343 e. The van der Waals surface area contributed by atoms with Gasteiger partial charge in [0.15, 0.2) is 11.5 Å². The van der Waals surface area contributed by atoms with Gasteiger partial charge >= 0.3 is 5.97 Å². The summed E-state index contributed by atoms with van der Waals surface area (Å²) in [5.41, 5.74) is 0.413. The highest BCUT2D eigenvalue weighted by Crippen LogP contribution is 2.32. The first kappa shape index (κ1) is 12.6. The van der Waals surface area contributed by atoms with Crippen LogP contribution in [-0.2, 0) is 0 Å². The minimum Gasteiger partial charge on any atom is -0.454 e. The predicted molar refractivity (Wildman–Crippen MR) is 79.3 cm³/mol. The van der Waals surface area contributed by atoms with Gasteiger partial charge in [0.2, 0.25) is 6.79 Å². The third-order valence-electron chi connectivity index (χ3n) is 3.43. The molecule has 4 rings (SSSR count). The fourth-order valence-electron chi connectivity index (χ4n) is 2.32. The molecule has 5 nitrogen and oxygen atoms in total. The van der Waals surface area contributed by atoms with Gasteiger partial charge in [-0.2, -0.15) is 0 Å². The number of hydrogen-bond acceptors (Lipinski definition) is 5. The van der Waals surface area contributed by atoms with E-state index in [-0.39, 0.29) is 6.79 Å². The number of hydrogen-bond donors (Lipinski definition) is 0. The molecule has 0 radical (unpaired) electrons. The molecular weight excluding hydrogens is 282 g/mol. The average Bonchev–Trinajstić information content (AvgIpc) is 3.02. The fourth-order valence-corrected chi connectivity index (χ4v) is 2.32. The molecule has 2 aromatic carbocycles. The molecule has 0 saturated carbocycles. The van der Waals surface area contributed by atoms with Crippen molar-refractivity contribution in [2.24, 2.45) is 0 Å². The first-order valence-electron chi connectivity index (χ1n) is 6.75. The van der Waals surface area contributed by atoms with Gasteiger partial charge in [-0.25, -0.2) is 4.79 Å². The van der Waals surface area contributed by atoms with Crippen molar-refractivity contribution >= 4 is 16.7 Å². The summed E-state index contributed by atoms with van der Waals surface area (Å²) in [7, 11) is 0. The first-order valence-corrected chi connectivity index (χ1v) is 6.75. The lowest BCUT2D eigenvalue weighted by Gasteiger charge is -2.06. The van der Waals surface area contributed by atoms with Gasteiger partial charge in [0, 0.05) is 17.8 Å². The molecule has 1 aromatic heterocycles. The summed E-state index contributed by atoms with van der Waals surface area (Å²) in [5, 5.41) is 1.95. The van der Waals surface area contributed by atoms with Gasteiger partial charge in [-0.1, -0.05) is 6.07 Å². The van der Waals surface area contributed by atoms with E-state index in [0.717, 1.165) is 10.8 Å². The lowest BCUT2D eigenvalue weighted by molar-refractivity contribution is 0.0734. The van der Waals surface area contributed by atoms with Crippen molar-refractivity contribution in [3.63, 3.8) is 0 Å². The van der Waals surface area contributed by atoms with Crippen LogP contribution in [0.3, 0.4) is 0 Å². The molecule has 0 aliphatic carbocycles. The summed E-state index contributed by atoms with van der Waals surface area (Å²) in [6, 6.07) is 12.3. The van der Waals surface area contributed by atoms with Crippen LogP contribution in [-0.4, -0.2) is 17.7 Å². The van der Waals surface area contributed by atoms with Crippen LogP contribution in [0.1, 0.15) is 10.4 Å². The number of rotatable bonds is 2. The summed E-state index contributed by atoms with van der Waals surface area (Å²) in [5.74, 6) is 1.22. The largest absolute Gasteiger partial charge is 0.454 e. The first-order chi connectivity index (χ1) is 10.8. The van der Waals surface area contributed by atoms with Gasteiger partial charge in [-0.05, 0) is 41.8 Å². The quantitative estimate of drug-likeness (QED) is 0.536. The molecule has 1 aliphatic heterocycles. The van der Waals surface area contributed by atoms with E-state index in [2.05, 4.69) is 4.98 Å². The molecule has 22 heavy (non-hydrogen) atoms. The lowest BCUT2D eigenvalue weighted by atomic mass is 10.1. The van der Waals surface area contributed by atoms with Crippen molar-refractivity contribution in [1.82, 2.24) is 4.98 Å². The van der Waals surface area contributed by atoms with Crippen molar-refractivity contribution in [2.75, 3.05) is 6.79 Å². The molecule has 108 valence electrons. The molecule has 0 amide bonds. The van der Waals surface area contributed by atoms with Gasteiger partial charge < -0.3 is 14.2 Å². The van der Waals surface area contributed by atoms with Gasteiger partial charge in [0.05, 0.1) is 5.56 Å². The van der Waals surface area contributed by atoms with Crippen LogP contribution in [0, 0.1) is 0 Å². The van der Waals surface area contributed by atoms with Gasteiger partial charge in [-0.15, -0.1) is 0 Å². The molecule has 0 saturated heterocycles. The second-order valence-corrected chi connectivity index (χ2v) is 4.84. The number of esters is 1. The van der Waals surface area contributed by atoms with E-state index in [1.54, 1.807) is 42.7 Å². The molecule has 5 heteroatoms. The maximum atomic E-state index is 12.2. The standard InChI is InChI=1S/C17H11NO4/c19-17(12-2-4-15-16(8-12)21-10-20-15)22-14-3-1-11-5-6-18-9-13(11)7-14/h1-9H,10H2. The SMILES string of the molecule is O=C(Oc1ccc2ccncc2c1)c1ccc2c(c1)OCO2. The molecule has 0 bridgehead atoms. The maximum Gasteiger partial charge on any atom is 0.343 e. The summed E-state index contributed by atoms with van der Waals surface area (Å²) >= 11 is 0. The number of ether oxygens (including phenoxy) is 3. The number of benzene rings is 2. The topological polar surface area (TPSA) is 57.7 Å². The Morgan fingerprint density at radius 2 is 1.91 bits per heavy atom. The molecule has 3 aromatic rings. The highest BCUT2D eigenvalue weighted by Gasteiger charge is 2.17. The lowest BCUT2D eigenvalue weighted by Crippen LogP contribution is -2.08. The Bertz CT molecular complexity index is 875. The molecule has 2 heterocycles. The Kier molecular flexibility index (Phi) is 2.89. The van der Waals surface area contributed by atoms with E-state index < -0.39 is 5.97 Å². The van der Waals surface area contributed by atoms with Crippen molar-refractivity contribution in [1.29, 1.82) is 0 Å². The highest BCUT2D eigenvalue weighted by molar-refractivity contribution is 5.92. The van der Waals surface area contributed by atoms with Crippen LogP contribution in [0.5, 0.6) is 17.2 Å². The second kappa shape index (κ2) is 5.04. The van der Waals surface area contributed by atoms with E-state index in [4.69, 9.17) is 14.2 Å². The molecule has 0 atom stereocenters. The Hall–Kier alpha value is -3.08. The van der Waals surface area contributed by atoms with Crippen LogP contribution < -0.4 is 14.2 Å². The summed E-state index contributed by atoms with van der Waals surface area (Å²) in [6.45, 7) is 0.172. The Morgan fingerprint density at radius 3 is 2.86 bits per heavy atom.